The van der Waals surface area contributed by atoms with Crippen LogP contribution in [0.5, 0.6) is 0 Å². The number of benzene rings is 2. The zero-order valence-electron chi connectivity index (χ0n) is 9.21. The largest absolute Gasteiger partial charge is 0.289 e. The number of carbonyl (C=O) groups is 1. The van der Waals surface area contributed by atoms with Crippen molar-refractivity contribution >= 4 is 40.0 Å². The van der Waals surface area contributed by atoms with E-state index in [0.29, 0.717) is 16.1 Å². The van der Waals surface area contributed by atoms with E-state index in [1.165, 1.54) is 0 Å². The highest BCUT2D eigenvalue weighted by atomic mass is 127. The van der Waals surface area contributed by atoms with E-state index in [9.17, 15) is 4.79 Å². The van der Waals surface area contributed by atoms with Crippen LogP contribution >= 0.6 is 34.2 Å². The first-order valence-electron chi connectivity index (χ1n) is 5.14. The molecule has 0 bridgehead atoms. The van der Waals surface area contributed by atoms with Gasteiger partial charge in [-0.15, -0.1) is 0 Å². The summed E-state index contributed by atoms with van der Waals surface area (Å²) >= 11 is 8.14. The van der Waals surface area contributed by atoms with Crippen LogP contribution in [0.15, 0.2) is 42.5 Å². The number of aryl methyl sites for hydroxylation is 1. The van der Waals surface area contributed by atoms with Crippen molar-refractivity contribution in [3.05, 3.63) is 67.7 Å². The Labute approximate surface area is 119 Å². The van der Waals surface area contributed by atoms with Gasteiger partial charge in [0.05, 0.1) is 0 Å². The summed E-state index contributed by atoms with van der Waals surface area (Å²) < 4.78 is 1.05. The number of halogens is 2. The fourth-order valence-electron chi connectivity index (χ4n) is 1.58. The number of carbonyl (C=O) groups excluding carboxylic acids is 1. The van der Waals surface area contributed by atoms with Gasteiger partial charge in [-0.2, -0.15) is 0 Å². The maximum atomic E-state index is 12.2. The number of rotatable bonds is 2. The van der Waals surface area contributed by atoms with Crippen LogP contribution in [-0.2, 0) is 0 Å². The lowest BCUT2D eigenvalue weighted by Crippen LogP contribution is -2.01. The zero-order valence-corrected chi connectivity index (χ0v) is 12.1. The Morgan fingerprint density at radius 3 is 2.47 bits per heavy atom. The molecule has 0 amide bonds. The Hall–Kier alpha value is -0.870. The Morgan fingerprint density at radius 2 is 1.82 bits per heavy atom. The Morgan fingerprint density at radius 1 is 1.12 bits per heavy atom. The first-order chi connectivity index (χ1) is 8.08. The van der Waals surface area contributed by atoms with Gasteiger partial charge in [-0.1, -0.05) is 23.7 Å². The van der Waals surface area contributed by atoms with Gasteiger partial charge in [0, 0.05) is 19.7 Å². The van der Waals surface area contributed by atoms with E-state index in [0.717, 1.165) is 9.13 Å². The van der Waals surface area contributed by atoms with Crippen LogP contribution in [0.1, 0.15) is 21.5 Å². The van der Waals surface area contributed by atoms with Crippen LogP contribution in [0.4, 0.5) is 0 Å². The molecule has 0 aliphatic rings. The standard InChI is InChI=1S/C14H10ClIO/c1-9-7-11(5-6-13(9)15)14(17)10-3-2-4-12(16)8-10/h2-8H,1H3. The number of hydrogen-bond acceptors (Lipinski definition) is 1. The summed E-state index contributed by atoms with van der Waals surface area (Å²) in [4.78, 5) is 12.2. The molecule has 2 rings (SSSR count). The SMILES string of the molecule is Cc1cc(C(=O)c2cccc(I)c2)ccc1Cl. The summed E-state index contributed by atoms with van der Waals surface area (Å²) in [5, 5.41) is 0.684. The van der Waals surface area contributed by atoms with Gasteiger partial charge in [0.25, 0.3) is 0 Å². The average Bonchev–Trinajstić information content (AvgIpc) is 2.32. The molecule has 0 N–H and O–H groups in total. The molecule has 17 heavy (non-hydrogen) atoms. The summed E-state index contributed by atoms with van der Waals surface area (Å²) in [5.74, 6) is 0.0308. The molecule has 0 saturated carbocycles. The summed E-state index contributed by atoms with van der Waals surface area (Å²) in [5.41, 5.74) is 2.30. The van der Waals surface area contributed by atoms with Crippen molar-refractivity contribution in [3.63, 3.8) is 0 Å². The van der Waals surface area contributed by atoms with Crippen LogP contribution in [0.25, 0.3) is 0 Å². The fourth-order valence-corrected chi connectivity index (χ4v) is 2.24. The van der Waals surface area contributed by atoms with Crippen LogP contribution in [-0.4, -0.2) is 5.78 Å². The third-order valence-electron chi connectivity index (χ3n) is 2.51. The molecule has 0 aliphatic heterocycles. The van der Waals surface area contributed by atoms with Gasteiger partial charge in [-0.05, 0) is 65.4 Å². The molecule has 3 heteroatoms. The predicted octanol–water partition coefficient (Wildman–Crippen LogP) is 4.48. The van der Waals surface area contributed by atoms with Gasteiger partial charge >= 0.3 is 0 Å². The topological polar surface area (TPSA) is 17.1 Å². The Kier molecular flexibility index (Phi) is 3.84. The summed E-state index contributed by atoms with van der Waals surface area (Å²) in [6, 6.07) is 12.9. The van der Waals surface area contributed by atoms with E-state index >= 15 is 0 Å². The summed E-state index contributed by atoms with van der Waals surface area (Å²) in [7, 11) is 0. The van der Waals surface area contributed by atoms with Gasteiger partial charge < -0.3 is 0 Å². The summed E-state index contributed by atoms with van der Waals surface area (Å²) in [6.07, 6.45) is 0. The molecule has 0 saturated heterocycles. The fraction of sp³-hybridized carbons (Fsp3) is 0.0714. The van der Waals surface area contributed by atoms with E-state index in [1.54, 1.807) is 12.1 Å². The van der Waals surface area contributed by atoms with Crippen LogP contribution < -0.4 is 0 Å². The highest BCUT2D eigenvalue weighted by Gasteiger charge is 2.10. The van der Waals surface area contributed by atoms with Crippen molar-refractivity contribution in [2.24, 2.45) is 0 Å². The number of hydrogen-bond donors (Lipinski definition) is 0. The van der Waals surface area contributed by atoms with E-state index in [1.807, 2.05) is 37.3 Å². The van der Waals surface area contributed by atoms with Gasteiger partial charge in [-0.3, -0.25) is 4.79 Å². The monoisotopic (exact) mass is 356 g/mol. The second-order valence-electron chi connectivity index (χ2n) is 3.80. The predicted molar refractivity (Wildman–Crippen MR) is 78.8 cm³/mol. The lowest BCUT2D eigenvalue weighted by Gasteiger charge is -2.04. The quantitative estimate of drug-likeness (QED) is 0.572. The van der Waals surface area contributed by atoms with Crippen molar-refractivity contribution in [2.45, 2.75) is 6.92 Å². The van der Waals surface area contributed by atoms with E-state index in [4.69, 9.17) is 11.6 Å². The molecule has 2 aromatic carbocycles. The van der Waals surface area contributed by atoms with Crippen molar-refractivity contribution in [1.82, 2.24) is 0 Å². The maximum Gasteiger partial charge on any atom is 0.193 e. The highest BCUT2D eigenvalue weighted by Crippen LogP contribution is 2.19. The molecule has 0 unspecified atom stereocenters. The Balaban J connectivity index is 2.40. The van der Waals surface area contributed by atoms with Crippen molar-refractivity contribution in [2.75, 3.05) is 0 Å². The molecule has 0 aromatic heterocycles. The van der Waals surface area contributed by atoms with Crippen LogP contribution in [0, 0.1) is 10.5 Å². The summed E-state index contributed by atoms with van der Waals surface area (Å²) in [6.45, 7) is 1.90. The lowest BCUT2D eigenvalue weighted by atomic mass is 10.0. The van der Waals surface area contributed by atoms with E-state index in [2.05, 4.69) is 22.6 Å². The zero-order chi connectivity index (χ0) is 12.4. The number of ketones is 1. The minimum absolute atomic E-state index is 0.0308. The lowest BCUT2D eigenvalue weighted by molar-refractivity contribution is 0.103. The van der Waals surface area contributed by atoms with Crippen LogP contribution in [0.2, 0.25) is 5.02 Å². The molecule has 1 nitrogen and oxygen atoms in total. The molecule has 0 spiro atoms. The van der Waals surface area contributed by atoms with Crippen LogP contribution in [0.3, 0.4) is 0 Å². The van der Waals surface area contributed by atoms with E-state index in [-0.39, 0.29) is 5.78 Å². The first-order valence-corrected chi connectivity index (χ1v) is 6.60. The van der Waals surface area contributed by atoms with Gasteiger partial charge in [0.2, 0.25) is 0 Å². The molecule has 2 aromatic rings. The molecule has 0 fully saturated rings. The molecule has 0 radical (unpaired) electrons. The highest BCUT2D eigenvalue weighted by molar-refractivity contribution is 14.1. The third kappa shape index (κ3) is 2.87. The molecule has 86 valence electrons. The molecule has 0 heterocycles. The van der Waals surface area contributed by atoms with Crippen molar-refractivity contribution in [3.8, 4) is 0 Å². The molecule has 0 aliphatic carbocycles. The second kappa shape index (κ2) is 5.19. The van der Waals surface area contributed by atoms with Gasteiger partial charge in [-0.25, -0.2) is 0 Å². The smallest absolute Gasteiger partial charge is 0.193 e. The van der Waals surface area contributed by atoms with Crippen molar-refractivity contribution in [1.29, 1.82) is 0 Å². The molecule has 0 atom stereocenters. The van der Waals surface area contributed by atoms with Gasteiger partial charge in [0.1, 0.15) is 0 Å². The Bertz CT molecular complexity index is 578. The van der Waals surface area contributed by atoms with E-state index < -0.39 is 0 Å². The second-order valence-corrected chi connectivity index (χ2v) is 5.46. The van der Waals surface area contributed by atoms with Crippen molar-refractivity contribution < 1.29 is 4.79 Å². The first kappa shape index (κ1) is 12.6. The average molecular weight is 357 g/mol. The minimum atomic E-state index is 0.0308. The van der Waals surface area contributed by atoms with Gasteiger partial charge in [0.15, 0.2) is 5.78 Å². The maximum absolute atomic E-state index is 12.2. The molecular weight excluding hydrogens is 347 g/mol. The molecular formula is C14H10ClIO. The third-order valence-corrected chi connectivity index (χ3v) is 3.60. The minimum Gasteiger partial charge on any atom is -0.289 e. The normalized spacial score (nSPS) is 10.3.